The summed E-state index contributed by atoms with van der Waals surface area (Å²) in [7, 11) is 0. The van der Waals surface area contributed by atoms with E-state index in [0.717, 1.165) is 16.8 Å². The van der Waals surface area contributed by atoms with Crippen LogP contribution in [0.5, 0.6) is 0 Å². The Morgan fingerprint density at radius 1 is 0.719 bits per heavy atom. The summed E-state index contributed by atoms with van der Waals surface area (Å²) in [5.41, 5.74) is 3.78. The summed E-state index contributed by atoms with van der Waals surface area (Å²) in [6.07, 6.45) is 6.07. The smallest absolute Gasteiger partial charge is 0.234 e. The van der Waals surface area contributed by atoms with E-state index in [-0.39, 0.29) is 6.04 Å². The van der Waals surface area contributed by atoms with Gasteiger partial charge in [0.2, 0.25) is 5.95 Å². The molecule has 1 aromatic heterocycles. The lowest BCUT2D eigenvalue weighted by Gasteiger charge is -2.32. The van der Waals surface area contributed by atoms with Crippen molar-refractivity contribution in [3.63, 3.8) is 0 Å². The minimum absolute atomic E-state index is 0.0143. The molecular formula is C27H21N5. The third-order valence-corrected chi connectivity index (χ3v) is 6.19. The molecule has 5 nitrogen and oxygen atoms in total. The zero-order chi connectivity index (χ0) is 21.5. The van der Waals surface area contributed by atoms with Crippen LogP contribution in [0.3, 0.4) is 0 Å². The average Bonchev–Trinajstić information content (AvgIpc) is 3.13. The molecule has 0 saturated carbocycles. The van der Waals surface area contributed by atoms with Gasteiger partial charge in [0.25, 0.3) is 0 Å². The molecule has 0 aliphatic carbocycles. The first-order chi connectivity index (χ1) is 15.7. The number of hydrogen-bond donors (Lipinski definition) is 0. The maximum atomic E-state index is 4.95. The molecule has 154 valence electrons. The van der Waals surface area contributed by atoms with Gasteiger partial charge in [-0.05, 0) is 19.1 Å². The lowest BCUT2D eigenvalue weighted by molar-refractivity contribution is 0.466. The molecule has 6 rings (SSSR count). The number of nitrogens with zero attached hydrogens (tertiary/aromatic N) is 5. The summed E-state index contributed by atoms with van der Waals surface area (Å²) < 4.78 is 0. The Hall–Kier alpha value is -4.12. The number of aliphatic imine (C=N–C) groups is 1. The molecular weight excluding hydrogens is 394 g/mol. The monoisotopic (exact) mass is 415 g/mol. The van der Waals surface area contributed by atoms with Crippen molar-refractivity contribution in [3.05, 3.63) is 103 Å². The Morgan fingerprint density at radius 3 is 1.97 bits per heavy atom. The van der Waals surface area contributed by atoms with Gasteiger partial charge < -0.3 is 4.90 Å². The minimum Gasteiger partial charge on any atom is -0.300 e. The molecule has 2 atom stereocenters. The van der Waals surface area contributed by atoms with Gasteiger partial charge in [0.05, 0.1) is 11.7 Å². The SMILES string of the molecule is CC12N=CC=CC1N(c1nc(-c3ccccc3)nc(-c3ccccc3)n1)c1ccccc12. The summed E-state index contributed by atoms with van der Waals surface area (Å²) in [6.45, 7) is 2.17. The fraction of sp³-hybridized carbons (Fsp3) is 0.111. The fourth-order valence-corrected chi connectivity index (χ4v) is 4.58. The first-order valence-electron chi connectivity index (χ1n) is 10.7. The number of hydrogen-bond acceptors (Lipinski definition) is 5. The van der Waals surface area contributed by atoms with Crippen LogP contribution < -0.4 is 4.90 Å². The third-order valence-electron chi connectivity index (χ3n) is 6.19. The van der Waals surface area contributed by atoms with Gasteiger partial charge in [-0.15, -0.1) is 0 Å². The number of fused-ring (bicyclic) bond motifs is 3. The quantitative estimate of drug-likeness (QED) is 0.438. The topological polar surface area (TPSA) is 54.3 Å². The second-order valence-corrected chi connectivity index (χ2v) is 8.16. The van der Waals surface area contributed by atoms with Gasteiger partial charge in [0.15, 0.2) is 11.6 Å². The lowest BCUT2D eigenvalue weighted by Crippen LogP contribution is -2.40. The van der Waals surface area contributed by atoms with Crippen molar-refractivity contribution in [2.24, 2.45) is 4.99 Å². The molecule has 0 bridgehead atoms. The van der Waals surface area contributed by atoms with Crippen molar-refractivity contribution in [3.8, 4) is 22.8 Å². The summed E-state index contributed by atoms with van der Waals surface area (Å²) >= 11 is 0. The third kappa shape index (κ3) is 2.86. The summed E-state index contributed by atoms with van der Waals surface area (Å²) in [6, 6.07) is 28.5. The number of anilines is 2. The van der Waals surface area contributed by atoms with E-state index < -0.39 is 5.54 Å². The normalized spacial score (nSPS) is 20.8. The standard InChI is InChI=1S/C27H21N5/c1-27-21-15-8-9-16-22(21)32(23(27)17-10-18-28-27)26-30-24(19-11-4-2-5-12-19)29-25(31-26)20-13-6-3-7-14-20/h2-18,23H,1H3. The molecule has 0 N–H and O–H groups in total. The Bertz CT molecular complexity index is 1290. The van der Waals surface area contributed by atoms with Crippen molar-refractivity contribution in [2.75, 3.05) is 4.90 Å². The van der Waals surface area contributed by atoms with Crippen LogP contribution in [0, 0.1) is 0 Å². The zero-order valence-corrected chi connectivity index (χ0v) is 17.6. The molecule has 3 aromatic carbocycles. The van der Waals surface area contributed by atoms with Gasteiger partial charge in [-0.3, -0.25) is 4.99 Å². The fourth-order valence-electron chi connectivity index (χ4n) is 4.58. The van der Waals surface area contributed by atoms with Crippen LogP contribution in [0.4, 0.5) is 11.6 Å². The Labute approximate surface area is 186 Å². The molecule has 0 fully saturated rings. The molecule has 2 aliphatic rings. The average molecular weight is 416 g/mol. The number of allylic oxidation sites excluding steroid dienone is 1. The van der Waals surface area contributed by atoms with Crippen LogP contribution in [0.15, 0.2) is 102 Å². The summed E-state index contributed by atoms with van der Waals surface area (Å²) in [5, 5.41) is 0. The molecule has 0 spiro atoms. The molecule has 5 heteroatoms. The predicted molar refractivity (Wildman–Crippen MR) is 128 cm³/mol. The van der Waals surface area contributed by atoms with Crippen LogP contribution in [0.1, 0.15) is 12.5 Å². The van der Waals surface area contributed by atoms with Gasteiger partial charge in [-0.2, -0.15) is 9.97 Å². The minimum atomic E-state index is -0.391. The Kier molecular flexibility index (Phi) is 4.21. The molecule has 32 heavy (non-hydrogen) atoms. The highest BCUT2D eigenvalue weighted by Gasteiger charge is 2.48. The van der Waals surface area contributed by atoms with Gasteiger partial charge in [0.1, 0.15) is 5.54 Å². The molecule has 0 radical (unpaired) electrons. The number of benzene rings is 3. The van der Waals surface area contributed by atoms with E-state index in [2.05, 4.69) is 42.2 Å². The van der Waals surface area contributed by atoms with Crippen molar-refractivity contribution in [1.29, 1.82) is 0 Å². The molecule has 2 unspecified atom stereocenters. The molecule has 3 heterocycles. The molecule has 0 saturated heterocycles. The van der Waals surface area contributed by atoms with Gasteiger partial charge in [0, 0.05) is 22.9 Å². The molecule has 2 aliphatic heterocycles. The summed E-state index contributed by atoms with van der Waals surface area (Å²) in [5.74, 6) is 1.94. The number of dihydropyridines is 1. The van der Waals surface area contributed by atoms with E-state index >= 15 is 0 Å². The van der Waals surface area contributed by atoms with Crippen molar-refractivity contribution in [2.45, 2.75) is 18.5 Å². The van der Waals surface area contributed by atoms with E-state index in [1.54, 1.807) is 0 Å². The maximum absolute atomic E-state index is 4.95. The summed E-state index contributed by atoms with van der Waals surface area (Å²) in [4.78, 5) is 21.8. The molecule has 4 aromatic rings. The zero-order valence-electron chi connectivity index (χ0n) is 17.6. The maximum Gasteiger partial charge on any atom is 0.234 e. The number of aromatic nitrogens is 3. The van der Waals surface area contributed by atoms with E-state index in [0.29, 0.717) is 17.6 Å². The first kappa shape index (κ1) is 18.6. The highest BCUT2D eigenvalue weighted by molar-refractivity contribution is 5.80. The van der Waals surface area contributed by atoms with Gasteiger partial charge in [-0.25, -0.2) is 4.98 Å². The van der Waals surface area contributed by atoms with Crippen LogP contribution >= 0.6 is 0 Å². The van der Waals surface area contributed by atoms with Crippen LogP contribution in [-0.2, 0) is 5.54 Å². The van der Waals surface area contributed by atoms with Crippen LogP contribution in [0.25, 0.3) is 22.8 Å². The van der Waals surface area contributed by atoms with Crippen molar-refractivity contribution in [1.82, 2.24) is 15.0 Å². The second kappa shape index (κ2) is 7.24. The Balaban J connectivity index is 1.59. The molecule has 0 amide bonds. The van der Waals surface area contributed by atoms with Crippen molar-refractivity contribution < 1.29 is 0 Å². The highest BCUT2D eigenvalue weighted by atomic mass is 15.3. The highest BCUT2D eigenvalue weighted by Crippen LogP contribution is 2.50. The largest absolute Gasteiger partial charge is 0.300 e. The Morgan fingerprint density at radius 2 is 1.31 bits per heavy atom. The van der Waals surface area contributed by atoms with Crippen LogP contribution in [-0.4, -0.2) is 27.2 Å². The number of para-hydroxylation sites is 1. The van der Waals surface area contributed by atoms with E-state index in [9.17, 15) is 0 Å². The first-order valence-corrected chi connectivity index (χ1v) is 10.7. The predicted octanol–water partition coefficient (Wildman–Crippen LogP) is 5.58. The van der Waals surface area contributed by atoms with Crippen molar-refractivity contribution >= 4 is 17.9 Å². The van der Waals surface area contributed by atoms with E-state index in [4.69, 9.17) is 19.9 Å². The van der Waals surface area contributed by atoms with E-state index in [1.807, 2.05) is 73.0 Å². The van der Waals surface area contributed by atoms with Gasteiger partial charge in [-0.1, -0.05) is 84.9 Å². The number of rotatable bonds is 3. The van der Waals surface area contributed by atoms with E-state index in [1.165, 1.54) is 5.56 Å². The van der Waals surface area contributed by atoms with Gasteiger partial charge >= 0.3 is 0 Å². The lowest BCUT2D eigenvalue weighted by atomic mass is 9.87. The van der Waals surface area contributed by atoms with Crippen LogP contribution in [0.2, 0.25) is 0 Å². The second-order valence-electron chi connectivity index (χ2n) is 8.16.